The quantitative estimate of drug-likeness (QED) is 0.718. The Morgan fingerprint density at radius 3 is 2.96 bits per heavy atom. The Morgan fingerprint density at radius 1 is 1.32 bits per heavy atom. The molecular formula is C18H20ClN5O. The lowest BCUT2D eigenvalue weighted by Crippen LogP contribution is -2.22. The lowest BCUT2D eigenvalue weighted by molar-refractivity contribution is 0.0958. The molecule has 3 heterocycles. The molecule has 1 aromatic carbocycles. The maximum absolute atomic E-state index is 6.30. The first-order valence-corrected chi connectivity index (χ1v) is 8.66. The van der Waals surface area contributed by atoms with Gasteiger partial charge in [-0.25, -0.2) is 0 Å². The van der Waals surface area contributed by atoms with Crippen LogP contribution in [0.2, 0.25) is 5.02 Å². The minimum atomic E-state index is 0.107. The summed E-state index contributed by atoms with van der Waals surface area (Å²) in [6.07, 6.45) is 3.90. The predicted octanol–water partition coefficient (Wildman–Crippen LogP) is 2.63. The monoisotopic (exact) mass is 357 g/mol. The largest absolute Gasteiger partial charge is 0.379 e. The molecule has 130 valence electrons. The molecule has 4 rings (SSSR count). The third-order valence-corrected chi connectivity index (χ3v) is 5.01. The van der Waals surface area contributed by atoms with Crippen molar-refractivity contribution in [2.75, 3.05) is 20.2 Å². The van der Waals surface area contributed by atoms with Crippen LogP contribution in [0.1, 0.15) is 17.2 Å². The number of rotatable bonds is 4. The number of halogens is 1. The Hall–Kier alpha value is -2.02. The van der Waals surface area contributed by atoms with E-state index in [1.165, 1.54) is 0 Å². The molecule has 25 heavy (non-hydrogen) atoms. The van der Waals surface area contributed by atoms with Crippen LogP contribution in [0, 0.1) is 0 Å². The highest BCUT2D eigenvalue weighted by atomic mass is 35.5. The first-order valence-electron chi connectivity index (χ1n) is 8.28. The van der Waals surface area contributed by atoms with Crippen LogP contribution in [0.5, 0.6) is 0 Å². The summed E-state index contributed by atoms with van der Waals surface area (Å²) in [5.41, 5.74) is 3.12. The van der Waals surface area contributed by atoms with E-state index in [4.69, 9.17) is 16.3 Å². The summed E-state index contributed by atoms with van der Waals surface area (Å²) in [5, 5.41) is 10.1. The van der Waals surface area contributed by atoms with Crippen LogP contribution in [0.3, 0.4) is 0 Å². The van der Waals surface area contributed by atoms with Crippen LogP contribution in [-0.2, 0) is 18.3 Å². The molecule has 0 amide bonds. The maximum atomic E-state index is 6.30. The highest BCUT2D eigenvalue weighted by molar-refractivity contribution is 6.31. The summed E-state index contributed by atoms with van der Waals surface area (Å²) in [4.78, 5) is 6.91. The molecule has 1 saturated heterocycles. The van der Waals surface area contributed by atoms with Crippen LogP contribution in [0.4, 0.5) is 0 Å². The minimum absolute atomic E-state index is 0.107. The zero-order valence-electron chi connectivity index (χ0n) is 14.3. The van der Waals surface area contributed by atoms with Crippen molar-refractivity contribution in [1.29, 1.82) is 0 Å². The van der Waals surface area contributed by atoms with Crippen molar-refractivity contribution in [2.45, 2.75) is 18.6 Å². The van der Waals surface area contributed by atoms with Gasteiger partial charge in [-0.3, -0.25) is 14.6 Å². The number of ether oxygens (including phenoxy) is 1. The number of hydrogen-bond acceptors (Lipinski definition) is 5. The molecule has 0 N–H and O–H groups in total. The topological polar surface area (TPSA) is 56.1 Å². The van der Waals surface area contributed by atoms with Gasteiger partial charge >= 0.3 is 0 Å². The van der Waals surface area contributed by atoms with E-state index in [2.05, 4.69) is 20.2 Å². The van der Waals surface area contributed by atoms with Gasteiger partial charge in [0.15, 0.2) is 0 Å². The van der Waals surface area contributed by atoms with E-state index in [-0.39, 0.29) is 12.0 Å². The second kappa shape index (κ2) is 6.71. The first kappa shape index (κ1) is 16.4. The summed E-state index contributed by atoms with van der Waals surface area (Å²) in [7, 11) is 3.64. The number of nitrogens with zero attached hydrogens (tertiary/aromatic N) is 5. The fraction of sp³-hybridized carbons (Fsp3) is 0.389. The maximum Gasteiger partial charge on any atom is 0.0897 e. The van der Waals surface area contributed by atoms with Crippen molar-refractivity contribution in [1.82, 2.24) is 24.9 Å². The van der Waals surface area contributed by atoms with Gasteiger partial charge in [0.05, 0.1) is 17.3 Å². The molecule has 0 saturated carbocycles. The van der Waals surface area contributed by atoms with E-state index in [0.29, 0.717) is 0 Å². The van der Waals surface area contributed by atoms with Gasteiger partial charge < -0.3 is 4.74 Å². The zero-order valence-corrected chi connectivity index (χ0v) is 15.0. The van der Waals surface area contributed by atoms with Crippen molar-refractivity contribution in [3.63, 3.8) is 0 Å². The number of pyridine rings is 1. The molecule has 1 fully saturated rings. The first-order chi connectivity index (χ1) is 12.1. The fourth-order valence-corrected chi connectivity index (χ4v) is 3.88. The normalized spacial score (nSPS) is 21.2. The average molecular weight is 358 g/mol. The van der Waals surface area contributed by atoms with Crippen molar-refractivity contribution < 1.29 is 4.74 Å². The number of aromatic nitrogens is 4. The van der Waals surface area contributed by atoms with Gasteiger partial charge in [-0.1, -0.05) is 22.9 Å². The van der Waals surface area contributed by atoms with Gasteiger partial charge in [-0.15, -0.1) is 5.10 Å². The van der Waals surface area contributed by atoms with Gasteiger partial charge in [-0.05, 0) is 23.8 Å². The summed E-state index contributed by atoms with van der Waals surface area (Å²) < 4.78 is 7.44. The Bertz CT molecular complexity index is 896. The Labute approximate surface area is 151 Å². The molecule has 2 atom stereocenters. The van der Waals surface area contributed by atoms with Crippen LogP contribution in [0.15, 0.2) is 36.7 Å². The van der Waals surface area contributed by atoms with Crippen molar-refractivity contribution in [3.05, 3.63) is 52.9 Å². The third-order valence-electron chi connectivity index (χ3n) is 4.79. The molecule has 7 heteroatoms. The van der Waals surface area contributed by atoms with E-state index in [0.717, 1.165) is 46.8 Å². The van der Waals surface area contributed by atoms with Gasteiger partial charge in [0, 0.05) is 62.5 Å². The SMILES string of the molecule is CO[C@@H]1CN(Cc2cc(Cl)cc3cccnc23)C[C@H]1c1cn(C)nn1. The van der Waals surface area contributed by atoms with E-state index >= 15 is 0 Å². The van der Waals surface area contributed by atoms with Crippen molar-refractivity contribution in [3.8, 4) is 0 Å². The highest BCUT2D eigenvalue weighted by Crippen LogP contribution is 2.31. The molecule has 0 spiro atoms. The van der Waals surface area contributed by atoms with E-state index < -0.39 is 0 Å². The van der Waals surface area contributed by atoms with Crippen molar-refractivity contribution >= 4 is 22.5 Å². The standard InChI is InChI=1S/C18H20ClN5O/c1-23-10-16(21-22-23)15-9-24(11-17(15)25-2)8-13-7-14(19)6-12-4-3-5-20-18(12)13/h3-7,10,15,17H,8-9,11H2,1-2H3/t15-,17+/m0/s1. The molecule has 0 aliphatic carbocycles. The lowest BCUT2D eigenvalue weighted by atomic mass is 10.0. The van der Waals surface area contributed by atoms with E-state index in [9.17, 15) is 0 Å². The molecule has 0 radical (unpaired) electrons. The second-order valence-electron chi connectivity index (χ2n) is 6.53. The fourth-order valence-electron chi connectivity index (χ4n) is 3.63. The van der Waals surface area contributed by atoms with Crippen LogP contribution in [-0.4, -0.2) is 51.2 Å². The molecular weight excluding hydrogens is 338 g/mol. The second-order valence-corrected chi connectivity index (χ2v) is 6.97. The van der Waals surface area contributed by atoms with Gasteiger partial charge in [-0.2, -0.15) is 0 Å². The summed E-state index contributed by atoms with van der Waals surface area (Å²) >= 11 is 6.30. The molecule has 2 aromatic heterocycles. The Balaban J connectivity index is 1.60. The Kier molecular flexibility index (Phi) is 4.41. The minimum Gasteiger partial charge on any atom is -0.379 e. The molecule has 0 unspecified atom stereocenters. The zero-order chi connectivity index (χ0) is 17.4. The lowest BCUT2D eigenvalue weighted by Gasteiger charge is -2.16. The van der Waals surface area contributed by atoms with E-state index in [1.54, 1.807) is 11.8 Å². The molecule has 6 nitrogen and oxygen atoms in total. The smallest absolute Gasteiger partial charge is 0.0897 e. The van der Waals surface area contributed by atoms with Gasteiger partial charge in [0.1, 0.15) is 0 Å². The number of methoxy groups -OCH3 is 1. The number of aryl methyl sites for hydroxylation is 1. The molecule has 0 bridgehead atoms. The predicted molar refractivity (Wildman–Crippen MR) is 96.6 cm³/mol. The van der Waals surface area contributed by atoms with Gasteiger partial charge in [0.25, 0.3) is 0 Å². The van der Waals surface area contributed by atoms with Crippen LogP contribution < -0.4 is 0 Å². The Morgan fingerprint density at radius 2 is 2.20 bits per heavy atom. The number of hydrogen-bond donors (Lipinski definition) is 0. The molecule has 1 aliphatic heterocycles. The number of likely N-dealkylation sites (tertiary alicyclic amines) is 1. The highest BCUT2D eigenvalue weighted by Gasteiger charge is 2.35. The summed E-state index contributed by atoms with van der Waals surface area (Å²) in [6.45, 7) is 2.50. The van der Waals surface area contributed by atoms with Gasteiger partial charge in [0.2, 0.25) is 0 Å². The number of benzene rings is 1. The average Bonchev–Trinajstić information content (AvgIpc) is 3.20. The van der Waals surface area contributed by atoms with Crippen LogP contribution >= 0.6 is 11.6 Å². The van der Waals surface area contributed by atoms with Crippen LogP contribution in [0.25, 0.3) is 10.9 Å². The van der Waals surface area contributed by atoms with E-state index in [1.807, 2.05) is 43.7 Å². The molecule has 1 aliphatic rings. The summed E-state index contributed by atoms with van der Waals surface area (Å²) in [5.74, 6) is 0.220. The third kappa shape index (κ3) is 3.25. The summed E-state index contributed by atoms with van der Waals surface area (Å²) in [6, 6.07) is 7.94. The van der Waals surface area contributed by atoms with Crippen molar-refractivity contribution in [2.24, 2.45) is 7.05 Å². The number of fused-ring (bicyclic) bond motifs is 1. The molecule has 3 aromatic rings.